The maximum absolute atomic E-state index is 9.13. The predicted molar refractivity (Wildman–Crippen MR) is 243 cm³/mol. The fraction of sp³-hybridized carbons (Fsp3) is 0.863. The Morgan fingerprint density at radius 1 is 0.382 bits per heavy atom. The highest BCUT2D eigenvalue weighted by Gasteiger charge is 2.06. The Morgan fingerprint density at radius 2 is 0.655 bits per heavy atom. The first kappa shape index (κ1) is 51.3. The number of oxime groups is 1. The van der Waals surface area contributed by atoms with Crippen molar-refractivity contribution in [2.75, 3.05) is 13.2 Å². The third-order valence-corrected chi connectivity index (χ3v) is 11.7. The number of nitrogens with zero attached hydrogens (tertiary/aromatic N) is 1. The van der Waals surface area contributed by atoms with Crippen molar-refractivity contribution in [1.29, 1.82) is 0 Å². The van der Waals surface area contributed by atoms with Gasteiger partial charge in [-0.05, 0) is 25.0 Å². The highest BCUT2D eigenvalue weighted by atomic mass is 16.5. The number of benzene rings is 1. The minimum Gasteiger partial charge on any atom is -0.493 e. The number of hydrogen-bond acceptors (Lipinski definition) is 4. The maximum atomic E-state index is 9.13. The van der Waals surface area contributed by atoms with Crippen LogP contribution in [0.1, 0.15) is 276 Å². The molecule has 0 aliphatic heterocycles. The highest BCUT2D eigenvalue weighted by molar-refractivity contribution is 5.83. The van der Waals surface area contributed by atoms with E-state index in [1.54, 1.807) is 0 Å². The fourth-order valence-corrected chi connectivity index (χ4v) is 7.99. The first-order valence-electron chi connectivity index (χ1n) is 24.9. The first-order chi connectivity index (χ1) is 27.3. The van der Waals surface area contributed by atoms with Crippen LogP contribution in [0.15, 0.2) is 23.4 Å². The summed E-state index contributed by atoms with van der Waals surface area (Å²) in [4.78, 5) is 0. The van der Waals surface area contributed by atoms with E-state index in [0.29, 0.717) is 6.61 Å². The van der Waals surface area contributed by atoms with Crippen molar-refractivity contribution in [1.82, 2.24) is 0 Å². The monoisotopic (exact) mass is 770 g/mol. The lowest BCUT2D eigenvalue weighted by Gasteiger charge is -2.12. The average Bonchev–Trinajstić information content (AvgIpc) is 3.20. The van der Waals surface area contributed by atoms with E-state index in [1.807, 2.05) is 18.2 Å². The second-order valence-corrected chi connectivity index (χ2v) is 17.1. The van der Waals surface area contributed by atoms with E-state index in [9.17, 15) is 0 Å². The number of ether oxygens (including phenoxy) is 2. The second-order valence-electron chi connectivity index (χ2n) is 17.1. The smallest absolute Gasteiger partial charge is 0.131 e. The Kier molecular flexibility index (Phi) is 40.5. The predicted octanol–water partition coefficient (Wildman–Crippen LogP) is 17.9. The Hall–Kier alpha value is -1.71. The molecule has 0 saturated heterocycles. The first-order valence-corrected chi connectivity index (χ1v) is 24.9. The van der Waals surface area contributed by atoms with Crippen molar-refractivity contribution in [2.24, 2.45) is 5.16 Å². The van der Waals surface area contributed by atoms with Gasteiger partial charge in [0.1, 0.15) is 11.5 Å². The van der Waals surface area contributed by atoms with Crippen LogP contribution >= 0.6 is 0 Å². The summed E-state index contributed by atoms with van der Waals surface area (Å²) in [6.45, 7) is 6.03. The van der Waals surface area contributed by atoms with E-state index in [-0.39, 0.29) is 0 Å². The molecule has 0 aromatic heterocycles. The molecule has 0 bridgehead atoms. The average molecular weight is 770 g/mol. The molecule has 1 aromatic rings. The van der Waals surface area contributed by atoms with Crippen LogP contribution in [0.3, 0.4) is 0 Å². The molecule has 55 heavy (non-hydrogen) atoms. The van der Waals surface area contributed by atoms with Gasteiger partial charge in [-0.15, -0.1) is 0 Å². The van der Waals surface area contributed by atoms with Gasteiger partial charge in [0, 0.05) is 11.6 Å². The summed E-state index contributed by atoms with van der Waals surface area (Å²) in [5.41, 5.74) is 0.793. The molecule has 0 amide bonds. The molecule has 0 spiro atoms. The lowest BCUT2D eigenvalue weighted by Crippen LogP contribution is -2.02. The van der Waals surface area contributed by atoms with Crippen molar-refractivity contribution < 1.29 is 14.7 Å². The van der Waals surface area contributed by atoms with Crippen LogP contribution in [0.4, 0.5) is 0 Å². The molecule has 322 valence electrons. The van der Waals surface area contributed by atoms with Crippen molar-refractivity contribution in [3.63, 3.8) is 0 Å². The van der Waals surface area contributed by atoms with Gasteiger partial charge in [-0.1, -0.05) is 263 Å². The molecule has 1 aromatic carbocycles. The Labute approximate surface area is 344 Å². The van der Waals surface area contributed by atoms with Crippen LogP contribution in [0, 0.1) is 0 Å². The van der Waals surface area contributed by atoms with Crippen LogP contribution < -0.4 is 9.47 Å². The molecule has 0 saturated carbocycles. The zero-order valence-electron chi connectivity index (χ0n) is 37.2. The summed E-state index contributed by atoms with van der Waals surface area (Å²) in [5, 5.41) is 12.4. The molecule has 4 nitrogen and oxygen atoms in total. The quantitative estimate of drug-likeness (QED) is 0.0311. The van der Waals surface area contributed by atoms with Crippen LogP contribution in [0.25, 0.3) is 0 Å². The normalized spacial score (nSPS) is 11.6. The largest absolute Gasteiger partial charge is 0.493 e. The Bertz CT molecular complexity index is 917. The van der Waals surface area contributed by atoms with E-state index < -0.39 is 0 Å². The molecular formula is C51H95NO3. The van der Waals surface area contributed by atoms with Gasteiger partial charge in [0.2, 0.25) is 0 Å². The molecule has 1 rings (SSSR count). The van der Waals surface area contributed by atoms with Crippen LogP contribution in [-0.2, 0) is 0 Å². The molecular weight excluding hydrogens is 675 g/mol. The summed E-state index contributed by atoms with van der Waals surface area (Å²) < 4.78 is 12.2. The Balaban J connectivity index is 1.93. The highest BCUT2D eigenvalue weighted by Crippen LogP contribution is 2.25. The number of hydrogen-bond donors (Lipinski definition) is 1. The standard InChI is InChI=1S/C51H95NO3/c1-3-5-7-9-11-13-15-17-19-21-23-25-27-29-31-33-35-37-39-41-45-54-50-44-43-49(48-52-53)51(47-50)55-46-42-40-38-36-34-32-30-28-26-24-22-20-18-16-14-12-10-8-6-4-2/h43-44,47-48,53H,3-42,45-46H2,1-2H3. The number of unbranched alkanes of at least 4 members (excludes halogenated alkanes) is 38. The van der Waals surface area contributed by atoms with Gasteiger partial charge in [-0.3, -0.25) is 0 Å². The molecule has 4 heteroatoms. The van der Waals surface area contributed by atoms with Gasteiger partial charge >= 0.3 is 0 Å². The molecule has 0 radical (unpaired) electrons. The minimum absolute atomic E-state index is 0.689. The number of rotatable bonds is 45. The molecule has 0 aliphatic carbocycles. The lowest BCUT2D eigenvalue weighted by atomic mass is 10.0. The third kappa shape index (κ3) is 36.4. The maximum Gasteiger partial charge on any atom is 0.131 e. The summed E-state index contributed by atoms with van der Waals surface area (Å²) in [6.07, 6.45) is 57.2. The van der Waals surface area contributed by atoms with E-state index in [2.05, 4.69) is 19.0 Å². The van der Waals surface area contributed by atoms with Gasteiger partial charge in [0.25, 0.3) is 0 Å². The fourth-order valence-electron chi connectivity index (χ4n) is 7.99. The van der Waals surface area contributed by atoms with Crippen molar-refractivity contribution >= 4 is 6.21 Å². The lowest BCUT2D eigenvalue weighted by molar-refractivity contribution is 0.289. The van der Waals surface area contributed by atoms with Crippen molar-refractivity contribution in [3.05, 3.63) is 23.8 Å². The molecule has 1 N–H and O–H groups in total. The van der Waals surface area contributed by atoms with Crippen LogP contribution in [-0.4, -0.2) is 24.6 Å². The zero-order valence-corrected chi connectivity index (χ0v) is 37.2. The van der Waals surface area contributed by atoms with E-state index in [1.165, 1.54) is 250 Å². The zero-order chi connectivity index (χ0) is 39.4. The molecule has 0 atom stereocenters. The van der Waals surface area contributed by atoms with Crippen molar-refractivity contribution in [3.8, 4) is 11.5 Å². The minimum atomic E-state index is 0.689. The summed E-state index contributed by atoms with van der Waals surface area (Å²) in [7, 11) is 0. The summed E-state index contributed by atoms with van der Waals surface area (Å²) >= 11 is 0. The van der Waals surface area contributed by atoms with E-state index in [4.69, 9.17) is 14.7 Å². The van der Waals surface area contributed by atoms with Gasteiger partial charge < -0.3 is 14.7 Å². The van der Waals surface area contributed by atoms with Crippen LogP contribution in [0.2, 0.25) is 0 Å². The third-order valence-electron chi connectivity index (χ3n) is 11.7. The topological polar surface area (TPSA) is 51.0 Å². The molecule has 0 unspecified atom stereocenters. The second kappa shape index (κ2) is 43.4. The van der Waals surface area contributed by atoms with E-state index in [0.717, 1.165) is 36.5 Å². The van der Waals surface area contributed by atoms with Gasteiger partial charge in [0.05, 0.1) is 19.4 Å². The van der Waals surface area contributed by atoms with Crippen LogP contribution in [0.5, 0.6) is 11.5 Å². The van der Waals surface area contributed by atoms with Gasteiger partial charge in [-0.2, -0.15) is 0 Å². The SMILES string of the molecule is CCCCCCCCCCCCCCCCCCCCCCOc1ccc(C=NO)c(OCCCCCCCCCCCCCCCCCCCCCC)c1. The summed E-state index contributed by atoms with van der Waals surface area (Å²) in [6, 6.07) is 5.85. The summed E-state index contributed by atoms with van der Waals surface area (Å²) in [5.74, 6) is 1.59. The van der Waals surface area contributed by atoms with Crippen molar-refractivity contribution in [2.45, 2.75) is 271 Å². The van der Waals surface area contributed by atoms with Gasteiger partial charge in [-0.25, -0.2) is 0 Å². The van der Waals surface area contributed by atoms with Gasteiger partial charge in [0.15, 0.2) is 0 Å². The Morgan fingerprint density at radius 3 is 0.945 bits per heavy atom. The van der Waals surface area contributed by atoms with E-state index >= 15 is 0 Å². The molecule has 0 aliphatic rings. The molecule has 0 fully saturated rings. The molecule has 0 heterocycles.